The largest absolute Gasteiger partial charge is 0.316 e. The number of ketones is 1. The number of para-hydroxylation sites is 2. The summed E-state index contributed by atoms with van der Waals surface area (Å²) < 4.78 is 15.1. The summed E-state index contributed by atoms with van der Waals surface area (Å²) in [5.74, 6) is 0.273. The SMILES string of the molecule is O=C(Cn1c(-c2ccc(F)cc2)nc2ccccc21)c1ccc(Cl)cc1. The lowest BCUT2D eigenvalue weighted by molar-refractivity contribution is 0.0974. The lowest BCUT2D eigenvalue weighted by Crippen LogP contribution is -2.11. The quantitative estimate of drug-likeness (QED) is 0.456. The van der Waals surface area contributed by atoms with Crippen molar-refractivity contribution in [3.63, 3.8) is 0 Å². The Kier molecular flexibility index (Phi) is 4.27. The smallest absolute Gasteiger partial charge is 0.182 e. The number of hydrogen-bond donors (Lipinski definition) is 0. The van der Waals surface area contributed by atoms with Gasteiger partial charge in [-0.2, -0.15) is 0 Å². The van der Waals surface area contributed by atoms with Crippen molar-refractivity contribution in [2.75, 3.05) is 0 Å². The molecule has 3 nitrogen and oxygen atoms in total. The molecule has 4 aromatic rings. The molecule has 0 aliphatic carbocycles. The molecule has 0 spiro atoms. The van der Waals surface area contributed by atoms with E-state index in [4.69, 9.17) is 11.6 Å². The molecular weight excluding hydrogens is 351 g/mol. The van der Waals surface area contributed by atoms with Crippen LogP contribution in [-0.2, 0) is 6.54 Å². The van der Waals surface area contributed by atoms with Gasteiger partial charge in [0.1, 0.15) is 11.6 Å². The van der Waals surface area contributed by atoms with Gasteiger partial charge >= 0.3 is 0 Å². The van der Waals surface area contributed by atoms with Crippen molar-refractivity contribution in [1.82, 2.24) is 9.55 Å². The second-order valence-corrected chi connectivity index (χ2v) is 6.38. The third-order valence-corrected chi connectivity index (χ3v) is 4.48. The number of rotatable bonds is 4. The van der Waals surface area contributed by atoms with E-state index >= 15 is 0 Å². The van der Waals surface area contributed by atoms with Crippen molar-refractivity contribution >= 4 is 28.4 Å². The number of aromatic nitrogens is 2. The van der Waals surface area contributed by atoms with Gasteiger partial charge in [-0.15, -0.1) is 0 Å². The van der Waals surface area contributed by atoms with Crippen LogP contribution >= 0.6 is 11.6 Å². The summed E-state index contributed by atoms with van der Waals surface area (Å²) in [6.45, 7) is 0.134. The summed E-state index contributed by atoms with van der Waals surface area (Å²) in [5, 5.41) is 0.585. The van der Waals surface area contributed by atoms with Crippen LogP contribution in [0.25, 0.3) is 22.4 Å². The maximum atomic E-state index is 13.3. The fraction of sp³-hybridized carbons (Fsp3) is 0.0476. The van der Waals surface area contributed by atoms with Crippen molar-refractivity contribution in [1.29, 1.82) is 0 Å². The van der Waals surface area contributed by atoms with E-state index in [0.717, 1.165) is 16.6 Å². The molecule has 128 valence electrons. The molecule has 1 aromatic heterocycles. The topological polar surface area (TPSA) is 34.9 Å². The second kappa shape index (κ2) is 6.73. The van der Waals surface area contributed by atoms with Gasteiger partial charge in [-0.1, -0.05) is 23.7 Å². The molecular formula is C21H14ClFN2O. The standard InChI is InChI=1S/C21H14ClFN2O/c22-16-9-5-14(6-10-16)20(26)13-25-19-4-2-1-3-18(19)24-21(25)15-7-11-17(23)12-8-15/h1-12H,13H2. The van der Waals surface area contributed by atoms with E-state index < -0.39 is 0 Å². The van der Waals surface area contributed by atoms with Crippen molar-refractivity contribution < 1.29 is 9.18 Å². The minimum absolute atomic E-state index is 0.0480. The number of imidazole rings is 1. The Labute approximate surface area is 154 Å². The predicted molar refractivity (Wildman–Crippen MR) is 101 cm³/mol. The van der Waals surface area contributed by atoms with Gasteiger partial charge < -0.3 is 4.57 Å². The van der Waals surface area contributed by atoms with Crippen molar-refractivity contribution in [3.8, 4) is 11.4 Å². The number of nitrogens with zero attached hydrogens (tertiary/aromatic N) is 2. The van der Waals surface area contributed by atoms with E-state index in [1.165, 1.54) is 12.1 Å². The highest BCUT2D eigenvalue weighted by atomic mass is 35.5. The average Bonchev–Trinajstić information content (AvgIpc) is 3.01. The fourth-order valence-corrected chi connectivity index (χ4v) is 3.05. The molecule has 0 amide bonds. The molecule has 0 unspecified atom stereocenters. The Morgan fingerprint density at radius 3 is 2.38 bits per heavy atom. The lowest BCUT2D eigenvalue weighted by atomic mass is 10.1. The first-order chi connectivity index (χ1) is 12.6. The molecule has 26 heavy (non-hydrogen) atoms. The number of hydrogen-bond acceptors (Lipinski definition) is 2. The molecule has 0 aliphatic heterocycles. The zero-order chi connectivity index (χ0) is 18.1. The number of carbonyl (C=O) groups excluding carboxylic acids is 1. The van der Waals surface area contributed by atoms with Gasteiger partial charge in [0.15, 0.2) is 5.78 Å². The zero-order valence-corrected chi connectivity index (χ0v) is 14.4. The summed E-state index contributed by atoms with van der Waals surface area (Å²) in [6.07, 6.45) is 0. The molecule has 0 radical (unpaired) electrons. The Bertz CT molecular complexity index is 1090. The Hall–Kier alpha value is -2.98. The molecule has 5 heteroatoms. The number of halogens is 2. The average molecular weight is 365 g/mol. The third-order valence-electron chi connectivity index (χ3n) is 4.22. The summed E-state index contributed by atoms with van der Waals surface area (Å²) in [5.41, 5.74) is 2.98. The van der Waals surface area contributed by atoms with E-state index in [1.807, 2.05) is 28.8 Å². The summed E-state index contributed by atoms with van der Waals surface area (Å²) in [4.78, 5) is 17.4. The first-order valence-electron chi connectivity index (χ1n) is 8.12. The van der Waals surface area contributed by atoms with Gasteiger partial charge in [0, 0.05) is 16.1 Å². The van der Waals surface area contributed by atoms with Crippen LogP contribution in [0.4, 0.5) is 4.39 Å². The monoisotopic (exact) mass is 364 g/mol. The third kappa shape index (κ3) is 3.11. The Morgan fingerprint density at radius 1 is 0.962 bits per heavy atom. The van der Waals surface area contributed by atoms with Gasteiger partial charge in [0.2, 0.25) is 0 Å². The van der Waals surface area contributed by atoms with E-state index in [2.05, 4.69) is 4.98 Å². The van der Waals surface area contributed by atoms with E-state index in [9.17, 15) is 9.18 Å². The zero-order valence-electron chi connectivity index (χ0n) is 13.7. The van der Waals surface area contributed by atoms with Crippen molar-refractivity contribution in [2.45, 2.75) is 6.54 Å². The van der Waals surface area contributed by atoms with E-state index in [1.54, 1.807) is 36.4 Å². The van der Waals surface area contributed by atoms with Gasteiger partial charge in [0.25, 0.3) is 0 Å². The molecule has 3 aromatic carbocycles. The highest BCUT2D eigenvalue weighted by Gasteiger charge is 2.16. The minimum atomic E-state index is -0.311. The molecule has 0 aliphatic rings. The van der Waals surface area contributed by atoms with Crippen LogP contribution in [0, 0.1) is 5.82 Å². The molecule has 0 N–H and O–H groups in total. The van der Waals surface area contributed by atoms with Crippen LogP contribution in [0.15, 0.2) is 72.8 Å². The van der Waals surface area contributed by atoms with Gasteiger partial charge in [0.05, 0.1) is 17.6 Å². The summed E-state index contributed by atoms with van der Waals surface area (Å²) in [6, 6.07) is 20.5. The lowest BCUT2D eigenvalue weighted by Gasteiger charge is -2.09. The number of carbonyl (C=O) groups is 1. The first-order valence-corrected chi connectivity index (χ1v) is 8.49. The van der Waals surface area contributed by atoms with Crippen molar-refractivity contribution in [3.05, 3.63) is 89.2 Å². The second-order valence-electron chi connectivity index (χ2n) is 5.95. The summed E-state index contributed by atoms with van der Waals surface area (Å²) >= 11 is 5.90. The highest BCUT2D eigenvalue weighted by Crippen LogP contribution is 2.25. The fourth-order valence-electron chi connectivity index (χ4n) is 2.93. The highest BCUT2D eigenvalue weighted by molar-refractivity contribution is 6.30. The van der Waals surface area contributed by atoms with E-state index in [-0.39, 0.29) is 18.1 Å². The van der Waals surface area contributed by atoms with Gasteiger partial charge in [-0.3, -0.25) is 4.79 Å². The normalized spacial score (nSPS) is 11.0. The molecule has 0 bridgehead atoms. The van der Waals surface area contributed by atoms with Gasteiger partial charge in [-0.25, -0.2) is 9.37 Å². The van der Waals surface area contributed by atoms with E-state index in [0.29, 0.717) is 16.4 Å². The molecule has 4 rings (SSSR count). The van der Waals surface area contributed by atoms with Crippen LogP contribution in [0.1, 0.15) is 10.4 Å². The number of Topliss-reactive ketones (excluding diaryl/α,β-unsaturated/α-hetero) is 1. The van der Waals surface area contributed by atoms with Crippen LogP contribution in [0.3, 0.4) is 0 Å². The minimum Gasteiger partial charge on any atom is -0.316 e. The van der Waals surface area contributed by atoms with Crippen LogP contribution in [0.5, 0.6) is 0 Å². The molecule has 0 saturated heterocycles. The van der Waals surface area contributed by atoms with Crippen LogP contribution in [-0.4, -0.2) is 15.3 Å². The van der Waals surface area contributed by atoms with Crippen molar-refractivity contribution in [2.24, 2.45) is 0 Å². The maximum Gasteiger partial charge on any atom is 0.182 e. The first kappa shape index (κ1) is 16.5. The predicted octanol–water partition coefficient (Wildman–Crippen LogP) is 5.38. The Morgan fingerprint density at radius 2 is 1.65 bits per heavy atom. The van der Waals surface area contributed by atoms with Crippen LogP contribution in [0.2, 0.25) is 5.02 Å². The summed E-state index contributed by atoms with van der Waals surface area (Å²) in [7, 11) is 0. The molecule has 0 atom stereocenters. The molecule has 1 heterocycles. The number of fused-ring (bicyclic) bond motifs is 1. The Balaban J connectivity index is 1.79. The maximum absolute atomic E-state index is 13.3. The van der Waals surface area contributed by atoms with Crippen LogP contribution < -0.4 is 0 Å². The molecule has 0 fully saturated rings. The number of benzene rings is 3. The van der Waals surface area contributed by atoms with Gasteiger partial charge in [-0.05, 0) is 60.7 Å². The molecule has 0 saturated carbocycles.